The van der Waals surface area contributed by atoms with Gasteiger partial charge in [-0.3, -0.25) is 29.0 Å². The van der Waals surface area contributed by atoms with Crippen LogP contribution in [0, 0.1) is 17.8 Å². The highest BCUT2D eigenvalue weighted by atomic mass is 16.5. The van der Waals surface area contributed by atoms with E-state index in [1.165, 1.54) is 4.90 Å². The minimum absolute atomic E-state index is 0. The first-order valence-corrected chi connectivity index (χ1v) is 15.8. The van der Waals surface area contributed by atoms with Crippen molar-refractivity contribution in [1.29, 1.82) is 0 Å². The van der Waals surface area contributed by atoms with Crippen molar-refractivity contribution in [1.82, 2.24) is 25.8 Å². The van der Waals surface area contributed by atoms with Crippen LogP contribution in [0.25, 0.3) is 0 Å². The van der Waals surface area contributed by atoms with Gasteiger partial charge in [0.05, 0.1) is 32.3 Å². The van der Waals surface area contributed by atoms with Crippen LogP contribution in [0.2, 0.25) is 0 Å². The van der Waals surface area contributed by atoms with Crippen LogP contribution in [0.15, 0.2) is 30.6 Å². The van der Waals surface area contributed by atoms with Gasteiger partial charge in [-0.25, -0.2) is 0 Å². The maximum Gasteiger partial charge on any atom is 0.225 e. The van der Waals surface area contributed by atoms with E-state index in [1.807, 2.05) is 32.0 Å². The van der Waals surface area contributed by atoms with E-state index in [1.54, 1.807) is 19.4 Å². The van der Waals surface area contributed by atoms with Crippen LogP contribution in [-0.2, 0) is 33.4 Å². The average Bonchev–Trinajstić information content (AvgIpc) is 3.38. The Hall–Kier alpha value is -3.38. The van der Waals surface area contributed by atoms with Crippen LogP contribution < -0.4 is 16.0 Å². The lowest BCUT2D eigenvalue weighted by Crippen LogP contribution is -2.39. The number of carbonyl (C=O) groups is 5. The summed E-state index contributed by atoms with van der Waals surface area (Å²) in [5.41, 5.74) is 0. The normalized spacial score (nSPS) is 20.2. The van der Waals surface area contributed by atoms with Crippen molar-refractivity contribution in [3.63, 3.8) is 0 Å². The summed E-state index contributed by atoms with van der Waals surface area (Å²) in [6.07, 6.45) is 8.42. The largest absolute Gasteiger partial charge is 0.379 e. The molecule has 1 aliphatic heterocycles. The number of likely N-dealkylation sites (tertiary alicyclic amines) is 1. The molecule has 0 spiro atoms. The summed E-state index contributed by atoms with van der Waals surface area (Å²) in [6, 6.07) is 5.85. The average molecular weight is 624 g/mol. The molecule has 2 atom stereocenters. The van der Waals surface area contributed by atoms with E-state index in [0.29, 0.717) is 45.3 Å². The Morgan fingerprint density at radius 1 is 0.909 bits per heavy atom. The molecule has 1 aliphatic carbocycles. The fourth-order valence-electron chi connectivity index (χ4n) is 5.06. The molecule has 4 amide bonds. The van der Waals surface area contributed by atoms with E-state index in [2.05, 4.69) is 20.9 Å². The summed E-state index contributed by atoms with van der Waals surface area (Å²) in [7, 11) is 1.67. The van der Waals surface area contributed by atoms with Crippen molar-refractivity contribution in [2.75, 3.05) is 53.1 Å². The molecule has 1 aromatic rings. The molecule has 0 radical (unpaired) electrons. The standard InChI is InChI=1S/C27H46N4O7.C5H5N.3H2/c1-4-19(2)26(35)20-5-7-22(8-6-20)30-24(33)10-13-37-15-16-38-14-12-28-23(32)9-11-29-27(36)21-17-25(34)31(3)18-21;1-2-4-6-5-3-1;;;/h19-22H,4-18H2,1-3H3,(H,28,32)(H,29,36)(H,30,33);1-5H;3*1H/t19?,20?,21-,22?;;;;/m0..../s1. The van der Waals surface area contributed by atoms with Gasteiger partial charge in [-0.2, -0.15) is 0 Å². The number of aromatic nitrogens is 1. The van der Waals surface area contributed by atoms with Gasteiger partial charge in [0.1, 0.15) is 5.78 Å². The summed E-state index contributed by atoms with van der Waals surface area (Å²) in [5.74, 6) is -0.191. The van der Waals surface area contributed by atoms with Crippen LogP contribution in [-0.4, -0.2) is 98.4 Å². The monoisotopic (exact) mass is 623 g/mol. The summed E-state index contributed by atoms with van der Waals surface area (Å²) < 4.78 is 10.9. The first kappa shape index (κ1) is 36.8. The molecule has 1 saturated heterocycles. The third-order valence-electron chi connectivity index (χ3n) is 7.94. The fourth-order valence-corrected chi connectivity index (χ4v) is 5.06. The quantitative estimate of drug-likeness (QED) is 0.224. The van der Waals surface area contributed by atoms with E-state index in [4.69, 9.17) is 9.47 Å². The number of hydrogen-bond acceptors (Lipinski definition) is 8. The second-order valence-electron chi connectivity index (χ2n) is 11.4. The van der Waals surface area contributed by atoms with E-state index in [9.17, 15) is 24.0 Å². The summed E-state index contributed by atoms with van der Waals surface area (Å²) in [5, 5.41) is 8.47. The molecular formula is C32H57N5O7. The second-order valence-corrected chi connectivity index (χ2v) is 11.4. The number of Topliss-reactive ketones (excluding diaryl/α,β-unsaturated/α-hetero) is 1. The van der Waals surface area contributed by atoms with Crippen LogP contribution in [0.1, 0.15) is 69.5 Å². The zero-order chi connectivity index (χ0) is 32.2. The Bertz CT molecular complexity index is 1010. The predicted molar refractivity (Wildman–Crippen MR) is 172 cm³/mol. The maximum atomic E-state index is 12.3. The smallest absolute Gasteiger partial charge is 0.225 e. The summed E-state index contributed by atoms with van der Waals surface area (Å²) >= 11 is 0. The minimum atomic E-state index is -0.349. The van der Waals surface area contributed by atoms with E-state index in [0.717, 1.165) is 32.1 Å². The molecule has 2 aliphatic rings. The van der Waals surface area contributed by atoms with Gasteiger partial charge in [-0.15, -0.1) is 0 Å². The van der Waals surface area contributed by atoms with Gasteiger partial charge >= 0.3 is 0 Å². The predicted octanol–water partition coefficient (Wildman–Crippen LogP) is 2.62. The molecular weight excluding hydrogens is 566 g/mol. The molecule has 0 bridgehead atoms. The topological polar surface area (TPSA) is 156 Å². The molecule has 3 N–H and O–H groups in total. The molecule has 1 unspecified atom stereocenters. The molecule has 12 nitrogen and oxygen atoms in total. The SMILES string of the molecule is CCC(C)C(=O)C1CCC(NC(=O)CCOCCOCCNC(=O)CCNC(=O)[C@H]2CC(=O)N(C)C2)CC1.[HH].[HH].[HH].c1ccncc1. The molecule has 44 heavy (non-hydrogen) atoms. The van der Waals surface area contributed by atoms with Gasteiger partial charge in [-0.05, 0) is 44.2 Å². The molecule has 2 heterocycles. The number of rotatable bonds is 17. The molecule has 1 aromatic heterocycles. The highest BCUT2D eigenvalue weighted by molar-refractivity contribution is 5.89. The molecule has 12 heteroatoms. The molecule has 1 saturated carbocycles. The number of hydrogen-bond donors (Lipinski definition) is 3. The second kappa shape index (κ2) is 21.3. The number of amides is 4. The van der Waals surface area contributed by atoms with Crippen molar-refractivity contribution >= 4 is 29.4 Å². The highest BCUT2D eigenvalue weighted by Crippen LogP contribution is 2.28. The van der Waals surface area contributed by atoms with E-state index < -0.39 is 0 Å². The number of pyridine rings is 1. The van der Waals surface area contributed by atoms with E-state index >= 15 is 0 Å². The summed E-state index contributed by atoms with van der Waals surface area (Å²) in [4.78, 5) is 65.2. The highest BCUT2D eigenvalue weighted by Gasteiger charge is 2.32. The first-order valence-electron chi connectivity index (χ1n) is 15.8. The van der Waals surface area contributed by atoms with Crippen LogP contribution in [0.3, 0.4) is 0 Å². The third-order valence-corrected chi connectivity index (χ3v) is 7.94. The van der Waals surface area contributed by atoms with Crippen molar-refractivity contribution < 1.29 is 37.7 Å². The Labute approximate surface area is 265 Å². The fraction of sp³-hybridized carbons (Fsp3) is 0.688. The lowest BCUT2D eigenvalue weighted by atomic mass is 9.79. The lowest BCUT2D eigenvalue weighted by Gasteiger charge is -2.29. The van der Waals surface area contributed by atoms with Crippen molar-refractivity contribution in [3.05, 3.63) is 30.6 Å². The zero-order valence-corrected chi connectivity index (χ0v) is 26.6. The van der Waals surface area contributed by atoms with Crippen LogP contribution >= 0.6 is 0 Å². The Kier molecular flexibility index (Phi) is 17.9. The Morgan fingerprint density at radius 3 is 2.16 bits per heavy atom. The Balaban J connectivity index is 0. The zero-order valence-electron chi connectivity index (χ0n) is 26.6. The van der Waals surface area contributed by atoms with Gasteiger partial charge < -0.3 is 30.3 Å². The van der Waals surface area contributed by atoms with Gasteiger partial charge in [0.2, 0.25) is 23.6 Å². The van der Waals surface area contributed by atoms with E-state index in [-0.39, 0.29) is 77.5 Å². The number of nitrogens with zero attached hydrogens (tertiary/aromatic N) is 2. The number of ketones is 1. The number of carbonyl (C=O) groups excluding carboxylic acids is 5. The summed E-state index contributed by atoms with van der Waals surface area (Å²) in [6.45, 7) is 6.38. The molecule has 252 valence electrons. The van der Waals surface area contributed by atoms with Crippen LogP contribution in [0.5, 0.6) is 0 Å². The van der Waals surface area contributed by atoms with Crippen LogP contribution in [0.4, 0.5) is 0 Å². The number of ether oxygens (including phenoxy) is 2. The van der Waals surface area contributed by atoms with Crippen molar-refractivity contribution in [3.8, 4) is 0 Å². The minimum Gasteiger partial charge on any atom is -0.379 e. The third kappa shape index (κ3) is 14.9. The maximum absolute atomic E-state index is 12.3. The van der Waals surface area contributed by atoms with Crippen molar-refractivity contribution in [2.24, 2.45) is 17.8 Å². The molecule has 2 fully saturated rings. The van der Waals surface area contributed by atoms with Gasteiger partial charge in [0.15, 0.2) is 0 Å². The first-order chi connectivity index (χ1) is 21.2. The number of nitrogens with one attached hydrogen (secondary N) is 3. The molecule has 3 rings (SSSR count). The Morgan fingerprint density at radius 2 is 1.59 bits per heavy atom. The van der Waals surface area contributed by atoms with Crippen molar-refractivity contribution in [2.45, 2.75) is 71.3 Å². The van der Waals surface area contributed by atoms with Gasteiger partial charge in [-0.1, -0.05) is 19.9 Å². The van der Waals surface area contributed by atoms with Gasteiger partial charge in [0, 0.05) is 80.5 Å². The lowest BCUT2D eigenvalue weighted by molar-refractivity contribution is -0.128. The molecule has 0 aromatic carbocycles. The van der Waals surface area contributed by atoms with Gasteiger partial charge in [0.25, 0.3) is 0 Å².